The molecule has 0 unspecified atom stereocenters. The Morgan fingerprint density at radius 1 is 1.05 bits per heavy atom. The normalized spacial score (nSPS) is 10.3. The van der Waals surface area contributed by atoms with E-state index in [-0.39, 0.29) is 12.3 Å². The van der Waals surface area contributed by atoms with Crippen molar-refractivity contribution in [1.29, 1.82) is 0 Å². The molecule has 1 amide bonds. The minimum atomic E-state index is -0.786. The Kier molecular flexibility index (Phi) is 6.77. The van der Waals surface area contributed by atoms with Crippen molar-refractivity contribution in [3.8, 4) is 0 Å². The van der Waals surface area contributed by atoms with Crippen molar-refractivity contribution in [2.45, 2.75) is 46.0 Å². The van der Waals surface area contributed by atoms with Crippen LogP contribution < -0.4 is 5.32 Å². The lowest BCUT2D eigenvalue weighted by molar-refractivity contribution is -0.137. The molecular formula is C16H23NO3. The van der Waals surface area contributed by atoms with Crippen LogP contribution >= 0.6 is 0 Å². The second-order valence-electron chi connectivity index (χ2n) is 5.20. The molecule has 0 aliphatic heterocycles. The van der Waals surface area contributed by atoms with E-state index in [1.54, 1.807) is 0 Å². The lowest BCUT2D eigenvalue weighted by Crippen LogP contribution is -2.24. The van der Waals surface area contributed by atoms with Crippen LogP contribution in [0.15, 0.2) is 18.2 Å². The highest BCUT2D eigenvalue weighted by molar-refractivity contribution is 5.76. The molecule has 0 spiro atoms. The summed E-state index contributed by atoms with van der Waals surface area (Å²) in [5.74, 6) is -0.759. The Balaban J connectivity index is 2.21. The quantitative estimate of drug-likeness (QED) is 0.718. The number of carboxylic acid groups (broad SMARTS) is 1. The summed E-state index contributed by atoms with van der Waals surface area (Å²) in [6, 6.07) is 6.33. The molecule has 0 aliphatic rings. The van der Waals surface area contributed by atoms with Gasteiger partial charge < -0.3 is 10.4 Å². The maximum absolute atomic E-state index is 11.7. The van der Waals surface area contributed by atoms with Gasteiger partial charge in [-0.15, -0.1) is 0 Å². The van der Waals surface area contributed by atoms with Crippen LogP contribution in [-0.4, -0.2) is 23.5 Å². The van der Waals surface area contributed by atoms with Gasteiger partial charge in [0.25, 0.3) is 0 Å². The Morgan fingerprint density at radius 2 is 1.70 bits per heavy atom. The first-order chi connectivity index (χ1) is 9.47. The van der Waals surface area contributed by atoms with Crippen molar-refractivity contribution in [2.75, 3.05) is 6.54 Å². The van der Waals surface area contributed by atoms with Gasteiger partial charge in [0.1, 0.15) is 0 Å². The van der Waals surface area contributed by atoms with E-state index in [1.165, 1.54) is 16.7 Å². The van der Waals surface area contributed by atoms with Crippen LogP contribution in [0, 0.1) is 13.8 Å². The van der Waals surface area contributed by atoms with E-state index >= 15 is 0 Å². The van der Waals surface area contributed by atoms with Crippen molar-refractivity contribution in [3.05, 3.63) is 34.9 Å². The zero-order valence-corrected chi connectivity index (χ0v) is 12.2. The summed E-state index contributed by atoms with van der Waals surface area (Å²) < 4.78 is 0. The van der Waals surface area contributed by atoms with Crippen molar-refractivity contribution >= 4 is 11.9 Å². The minimum absolute atomic E-state index is 0.0273. The number of aliphatic carboxylic acids is 1. The highest BCUT2D eigenvalue weighted by Gasteiger charge is 2.03. The molecular weight excluding hydrogens is 254 g/mol. The molecule has 0 atom stereocenters. The molecule has 0 radical (unpaired) electrons. The summed E-state index contributed by atoms with van der Waals surface area (Å²) in [6.07, 6.45) is 2.69. The van der Waals surface area contributed by atoms with Gasteiger partial charge in [0.15, 0.2) is 0 Å². The van der Waals surface area contributed by atoms with Crippen molar-refractivity contribution in [1.82, 2.24) is 5.32 Å². The summed E-state index contributed by atoms with van der Waals surface area (Å²) in [5.41, 5.74) is 3.62. The van der Waals surface area contributed by atoms with Crippen LogP contribution in [0.4, 0.5) is 0 Å². The second kappa shape index (κ2) is 8.35. The lowest BCUT2D eigenvalue weighted by Gasteiger charge is -2.06. The van der Waals surface area contributed by atoms with Gasteiger partial charge in [0, 0.05) is 19.4 Å². The molecule has 20 heavy (non-hydrogen) atoms. The number of carbonyl (C=O) groups excluding carboxylic acids is 1. The Bertz CT molecular complexity index is 449. The average molecular weight is 277 g/mol. The standard InChI is InChI=1S/C16H23NO3/c1-12-9-13(2)11-14(10-12)6-7-15(18)17-8-4-3-5-16(19)20/h9-11H,3-8H2,1-2H3,(H,17,18)(H,19,20). The number of nitrogens with one attached hydrogen (secondary N) is 1. The molecule has 110 valence electrons. The van der Waals surface area contributed by atoms with E-state index in [1.807, 2.05) is 0 Å². The SMILES string of the molecule is Cc1cc(C)cc(CCC(=O)NCCCCC(=O)O)c1. The van der Waals surface area contributed by atoms with Gasteiger partial charge >= 0.3 is 5.97 Å². The largest absolute Gasteiger partial charge is 0.481 e. The number of unbranched alkanes of at least 4 members (excludes halogenated alkanes) is 1. The molecule has 4 heteroatoms. The molecule has 1 rings (SSSR count). The van der Waals surface area contributed by atoms with Crippen LogP contribution in [0.3, 0.4) is 0 Å². The first-order valence-electron chi connectivity index (χ1n) is 7.03. The van der Waals surface area contributed by atoms with Crippen molar-refractivity contribution in [2.24, 2.45) is 0 Å². The third-order valence-corrected chi connectivity index (χ3v) is 3.06. The van der Waals surface area contributed by atoms with E-state index in [0.29, 0.717) is 25.8 Å². The zero-order chi connectivity index (χ0) is 15.0. The molecule has 0 aromatic heterocycles. The molecule has 1 aromatic carbocycles. The Morgan fingerprint density at radius 3 is 2.30 bits per heavy atom. The summed E-state index contributed by atoms with van der Waals surface area (Å²) in [6.45, 7) is 4.66. The molecule has 4 nitrogen and oxygen atoms in total. The van der Waals surface area contributed by atoms with Crippen molar-refractivity contribution in [3.63, 3.8) is 0 Å². The van der Waals surface area contributed by atoms with Crippen molar-refractivity contribution < 1.29 is 14.7 Å². The summed E-state index contributed by atoms with van der Waals surface area (Å²) in [5, 5.41) is 11.3. The van der Waals surface area contributed by atoms with Gasteiger partial charge in [-0.1, -0.05) is 29.3 Å². The Hall–Kier alpha value is -1.84. The third kappa shape index (κ3) is 6.92. The lowest BCUT2D eigenvalue weighted by atomic mass is 10.0. The molecule has 0 aliphatic carbocycles. The fourth-order valence-corrected chi connectivity index (χ4v) is 2.19. The van der Waals surface area contributed by atoms with Crippen LogP contribution in [0.5, 0.6) is 0 Å². The smallest absolute Gasteiger partial charge is 0.303 e. The maximum atomic E-state index is 11.7. The predicted molar refractivity (Wildman–Crippen MR) is 78.7 cm³/mol. The average Bonchev–Trinajstić information content (AvgIpc) is 2.34. The Labute approximate surface area is 120 Å². The van der Waals surface area contributed by atoms with Crippen LogP contribution in [0.1, 0.15) is 42.4 Å². The highest BCUT2D eigenvalue weighted by atomic mass is 16.4. The number of benzene rings is 1. The van der Waals surface area contributed by atoms with Gasteiger partial charge in [0.05, 0.1) is 0 Å². The zero-order valence-electron chi connectivity index (χ0n) is 12.2. The highest BCUT2D eigenvalue weighted by Crippen LogP contribution is 2.10. The van der Waals surface area contributed by atoms with E-state index < -0.39 is 5.97 Å². The minimum Gasteiger partial charge on any atom is -0.481 e. The van der Waals surface area contributed by atoms with Crippen LogP contribution in [0.2, 0.25) is 0 Å². The number of rotatable bonds is 8. The number of aryl methyl sites for hydroxylation is 3. The van der Waals surface area contributed by atoms with Gasteiger partial charge in [-0.25, -0.2) is 0 Å². The first kappa shape index (κ1) is 16.2. The predicted octanol–water partition coefficient (Wildman–Crippen LogP) is 2.61. The number of hydrogen-bond acceptors (Lipinski definition) is 2. The van der Waals surface area contributed by atoms with Gasteiger partial charge in [0.2, 0.25) is 5.91 Å². The number of carbonyl (C=O) groups is 2. The maximum Gasteiger partial charge on any atom is 0.303 e. The summed E-state index contributed by atoms with van der Waals surface area (Å²) in [7, 11) is 0. The molecule has 0 bridgehead atoms. The van der Waals surface area contributed by atoms with E-state index in [2.05, 4.69) is 37.4 Å². The van der Waals surface area contributed by atoms with Crippen LogP contribution in [-0.2, 0) is 16.0 Å². The van der Waals surface area contributed by atoms with E-state index in [0.717, 1.165) is 6.42 Å². The fraction of sp³-hybridized carbons (Fsp3) is 0.500. The molecule has 2 N–H and O–H groups in total. The fourth-order valence-electron chi connectivity index (χ4n) is 2.19. The first-order valence-corrected chi connectivity index (χ1v) is 7.03. The molecule has 0 heterocycles. The topological polar surface area (TPSA) is 66.4 Å². The van der Waals surface area contributed by atoms with Crippen LogP contribution in [0.25, 0.3) is 0 Å². The summed E-state index contributed by atoms with van der Waals surface area (Å²) >= 11 is 0. The molecule has 0 saturated carbocycles. The number of hydrogen-bond donors (Lipinski definition) is 2. The van der Waals surface area contributed by atoms with Gasteiger partial charge in [-0.05, 0) is 38.7 Å². The molecule has 0 fully saturated rings. The van der Waals surface area contributed by atoms with Gasteiger partial charge in [-0.2, -0.15) is 0 Å². The molecule has 0 saturated heterocycles. The number of amides is 1. The number of carboxylic acids is 1. The monoisotopic (exact) mass is 277 g/mol. The molecule has 1 aromatic rings. The van der Waals surface area contributed by atoms with E-state index in [4.69, 9.17) is 5.11 Å². The van der Waals surface area contributed by atoms with E-state index in [9.17, 15) is 9.59 Å². The summed E-state index contributed by atoms with van der Waals surface area (Å²) in [4.78, 5) is 22.0. The van der Waals surface area contributed by atoms with Gasteiger partial charge in [-0.3, -0.25) is 9.59 Å². The third-order valence-electron chi connectivity index (χ3n) is 3.06. The second-order valence-corrected chi connectivity index (χ2v) is 5.20.